The van der Waals surface area contributed by atoms with Gasteiger partial charge in [-0.25, -0.2) is 0 Å². The molecule has 0 radical (unpaired) electrons. The molecule has 4 heteroatoms. The average Bonchev–Trinajstić information content (AvgIpc) is 2.41. The summed E-state index contributed by atoms with van der Waals surface area (Å²) in [6.07, 6.45) is 1.49. The Bertz CT molecular complexity index is 406. The lowest BCUT2D eigenvalue weighted by molar-refractivity contribution is -0.108. The third kappa shape index (κ3) is 2.76. The quantitative estimate of drug-likeness (QED) is 0.895. The first-order chi connectivity index (χ1) is 9.26. The number of benzene rings is 1. The minimum Gasteiger partial charge on any atom is -0.497 e. The number of ether oxygens (including phenoxy) is 2. The summed E-state index contributed by atoms with van der Waals surface area (Å²) in [4.78, 5) is 2.48. The second kappa shape index (κ2) is 5.49. The van der Waals surface area contributed by atoms with Crippen LogP contribution in [0.25, 0.3) is 0 Å². The zero-order chi connectivity index (χ0) is 13.2. The molecule has 2 aliphatic heterocycles. The molecule has 2 saturated heterocycles. The average molecular weight is 263 g/mol. The van der Waals surface area contributed by atoms with E-state index in [0.29, 0.717) is 12.1 Å². The molecule has 1 aromatic carbocycles. The Morgan fingerprint density at radius 1 is 1.21 bits per heavy atom. The number of rotatable bonds is 3. The Morgan fingerprint density at radius 2 is 1.84 bits per heavy atom. The Labute approximate surface area is 113 Å². The molecule has 2 aliphatic rings. The molecule has 19 heavy (non-hydrogen) atoms. The van der Waals surface area contributed by atoms with Crippen molar-refractivity contribution in [3.63, 3.8) is 0 Å². The van der Waals surface area contributed by atoms with Crippen molar-refractivity contribution in [1.29, 1.82) is 0 Å². The van der Waals surface area contributed by atoms with Gasteiger partial charge in [0.2, 0.25) is 0 Å². The van der Waals surface area contributed by atoms with Crippen LogP contribution in [0.3, 0.4) is 0 Å². The molecule has 2 bridgehead atoms. The highest BCUT2D eigenvalue weighted by molar-refractivity contribution is 5.27. The molecule has 2 heterocycles. The van der Waals surface area contributed by atoms with E-state index in [1.807, 2.05) is 12.1 Å². The van der Waals surface area contributed by atoms with Crippen LogP contribution in [-0.4, -0.2) is 48.5 Å². The highest BCUT2D eigenvalue weighted by Crippen LogP contribution is 2.29. The summed E-state index contributed by atoms with van der Waals surface area (Å²) in [6.45, 7) is 2.41. The fourth-order valence-corrected chi connectivity index (χ4v) is 3.16. The molecule has 0 aliphatic carbocycles. The normalized spacial score (nSPS) is 31.2. The van der Waals surface area contributed by atoms with Gasteiger partial charge in [0.15, 0.2) is 0 Å². The van der Waals surface area contributed by atoms with Gasteiger partial charge >= 0.3 is 0 Å². The minimum absolute atomic E-state index is 0.161. The van der Waals surface area contributed by atoms with Crippen LogP contribution in [0.1, 0.15) is 18.4 Å². The summed E-state index contributed by atoms with van der Waals surface area (Å²) in [5.41, 5.74) is 1.29. The largest absolute Gasteiger partial charge is 0.497 e. The van der Waals surface area contributed by atoms with Gasteiger partial charge in [-0.15, -0.1) is 0 Å². The number of aliphatic hydroxyl groups is 1. The monoisotopic (exact) mass is 263 g/mol. The van der Waals surface area contributed by atoms with Crippen LogP contribution in [0.2, 0.25) is 0 Å². The van der Waals surface area contributed by atoms with E-state index in [1.165, 1.54) is 5.56 Å². The molecule has 1 N–H and O–H groups in total. The molecular weight excluding hydrogens is 242 g/mol. The van der Waals surface area contributed by atoms with Crippen LogP contribution in [-0.2, 0) is 11.3 Å². The SMILES string of the molecule is COc1ccc(CN2C3COC[C@H]2C[C@H](O)C3)cc1. The van der Waals surface area contributed by atoms with E-state index in [-0.39, 0.29) is 6.10 Å². The number of nitrogens with zero attached hydrogens (tertiary/aromatic N) is 1. The lowest BCUT2D eigenvalue weighted by atomic mass is 9.91. The number of hydrogen-bond acceptors (Lipinski definition) is 4. The third-order valence-electron chi connectivity index (χ3n) is 4.17. The maximum Gasteiger partial charge on any atom is 0.118 e. The molecule has 1 aromatic rings. The van der Waals surface area contributed by atoms with E-state index in [9.17, 15) is 5.11 Å². The van der Waals surface area contributed by atoms with E-state index in [1.54, 1.807) is 7.11 Å². The highest BCUT2D eigenvalue weighted by atomic mass is 16.5. The van der Waals surface area contributed by atoms with E-state index in [2.05, 4.69) is 17.0 Å². The van der Waals surface area contributed by atoms with Gasteiger partial charge in [0.05, 0.1) is 26.4 Å². The number of piperidine rings is 1. The van der Waals surface area contributed by atoms with Crippen molar-refractivity contribution < 1.29 is 14.6 Å². The van der Waals surface area contributed by atoms with Crippen LogP contribution in [0, 0.1) is 0 Å². The van der Waals surface area contributed by atoms with Crippen molar-refractivity contribution in [3.8, 4) is 5.75 Å². The summed E-state index contributed by atoms with van der Waals surface area (Å²) in [5, 5.41) is 9.87. The summed E-state index contributed by atoms with van der Waals surface area (Å²) in [7, 11) is 1.68. The van der Waals surface area contributed by atoms with Crippen molar-refractivity contribution >= 4 is 0 Å². The Balaban J connectivity index is 1.71. The predicted molar refractivity (Wildman–Crippen MR) is 72.2 cm³/mol. The van der Waals surface area contributed by atoms with Crippen LogP contribution in [0.4, 0.5) is 0 Å². The summed E-state index contributed by atoms with van der Waals surface area (Å²) < 4.78 is 10.8. The van der Waals surface area contributed by atoms with Crippen molar-refractivity contribution in [1.82, 2.24) is 4.90 Å². The van der Waals surface area contributed by atoms with Gasteiger partial charge in [0, 0.05) is 18.6 Å². The van der Waals surface area contributed by atoms with Crippen LogP contribution >= 0.6 is 0 Å². The third-order valence-corrected chi connectivity index (χ3v) is 4.17. The number of aliphatic hydroxyl groups excluding tert-OH is 1. The first kappa shape index (κ1) is 12.9. The molecule has 0 spiro atoms. The number of methoxy groups -OCH3 is 1. The molecule has 104 valence electrons. The first-order valence-electron chi connectivity index (χ1n) is 6.90. The smallest absolute Gasteiger partial charge is 0.118 e. The summed E-state index contributed by atoms with van der Waals surface area (Å²) in [6, 6.07) is 8.93. The standard InChI is InChI=1S/C15H21NO3/c1-18-15-4-2-11(3-5-15)8-16-12-6-14(17)7-13(16)10-19-9-12/h2-5,12-14,17H,6-10H2,1H3/t12-,13?,14+/m1/s1. The second-order valence-electron chi connectivity index (χ2n) is 5.49. The molecule has 3 atom stereocenters. The van der Waals surface area contributed by atoms with E-state index < -0.39 is 0 Å². The van der Waals surface area contributed by atoms with Gasteiger partial charge < -0.3 is 14.6 Å². The zero-order valence-corrected chi connectivity index (χ0v) is 11.3. The maximum absolute atomic E-state index is 9.87. The highest BCUT2D eigenvalue weighted by Gasteiger charge is 2.38. The number of hydrogen-bond donors (Lipinski definition) is 1. The maximum atomic E-state index is 9.87. The van der Waals surface area contributed by atoms with Crippen LogP contribution in [0.15, 0.2) is 24.3 Å². The second-order valence-corrected chi connectivity index (χ2v) is 5.49. The van der Waals surface area contributed by atoms with Gasteiger partial charge in [-0.3, -0.25) is 4.90 Å². The predicted octanol–water partition coefficient (Wildman–Crippen LogP) is 1.42. The van der Waals surface area contributed by atoms with E-state index in [4.69, 9.17) is 9.47 Å². The van der Waals surface area contributed by atoms with E-state index in [0.717, 1.165) is 38.3 Å². The van der Waals surface area contributed by atoms with Crippen LogP contribution in [0.5, 0.6) is 5.75 Å². The lowest BCUT2D eigenvalue weighted by Gasteiger charge is -2.47. The number of morpholine rings is 1. The lowest BCUT2D eigenvalue weighted by Crippen LogP contribution is -2.57. The van der Waals surface area contributed by atoms with Crippen molar-refractivity contribution in [2.75, 3.05) is 20.3 Å². The first-order valence-corrected chi connectivity index (χ1v) is 6.90. The van der Waals surface area contributed by atoms with Gasteiger partial charge in [0.1, 0.15) is 5.75 Å². The van der Waals surface area contributed by atoms with Crippen molar-refractivity contribution in [2.24, 2.45) is 0 Å². The van der Waals surface area contributed by atoms with E-state index >= 15 is 0 Å². The van der Waals surface area contributed by atoms with Gasteiger partial charge in [-0.1, -0.05) is 12.1 Å². The van der Waals surface area contributed by atoms with Gasteiger partial charge in [0.25, 0.3) is 0 Å². The molecule has 0 aromatic heterocycles. The molecule has 3 rings (SSSR count). The van der Waals surface area contributed by atoms with Crippen LogP contribution < -0.4 is 4.74 Å². The summed E-state index contributed by atoms with van der Waals surface area (Å²) >= 11 is 0. The Kier molecular flexibility index (Phi) is 3.73. The fraction of sp³-hybridized carbons (Fsp3) is 0.600. The number of fused-ring (bicyclic) bond motifs is 2. The molecule has 0 saturated carbocycles. The molecular formula is C15H21NO3. The minimum atomic E-state index is -0.161. The fourth-order valence-electron chi connectivity index (χ4n) is 3.16. The summed E-state index contributed by atoms with van der Waals surface area (Å²) in [5.74, 6) is 0.890. The topological polar surface area (TPSA) is 41.9 Å². The van der Waals surface area contributed by atoms with Crippen molar-refractivity contribution in [3.05, 3.63) is 29.8 Å². The molecule has 1 unspecified atom stereocenters. The molecule has 4 nitrogen and oxygen atoms in total. The van der Waals surface area contributed by atoms with Gasteiger partial charge in [-0.05, 0) is 30.5 Å². The Morgan fingerprint density at radius 3 is 2.42 bits per heavy atom. The Hall–Kier alpha value is -1.10. The molecule has 0 amide bonds. The van der Waals surface area contributed by atoms with Crippen molar-refractivity contribution in [2.45, 2.75) is 37.6 Å². The van der Waals surface area contributed by atoms with Gasteiger partial charge in [-0.2, -0.15) is 0 Å². The molecule has 2 fully saturated rings. The zero-order valence-electron chi connectivity index (χ0n) is 11.3.